The van der Waals surface area contributed by atoms with Gasteiger partial charge in [0.15, 0.2) is 9.84 Å². The van der Waals surface area contributed by atoms with Crippen molar-refractivity contribution in [2.45, 2.75) is 12.5 Å². The number of sulfone groups is 1. The molecule has 106 valence electrons. The fourth-order valence-electron chi connectivity index (χ4n) is 2.84. The smallest absolute Gasteiger partial charge is 0.152 e. The monoisotopic (exact) mass is 292 g/mol. The lowest BCUT2D eigenvalue weighted by atomic mass is 10.1. The van der Waals surface area contributed by atoms with E-state index >= 15 is 0 Å². The lowest BCUT2D eigenvalue weighted by Crippen LogP contribution is -2.38. The molecule has 0 aromatic heterocycles. The van der Waals surface area contributed by atoms with Gasteiger partial charge in [-0.05, 0) is 12.0 Å². The molecule has 1 atom stereocenters. The fourth-order valence-corrected chi connectivity index (χ4v) is 4.57. The highest BCUT2D eigenvalue weighted by Crippen LogP contribution is 2.31. The second kappa shape index (κ2) is 4.63. The number of hydrogen-bond acceptors (Lipinski definition) is 4. The standard InChI is InChI=1S/C14H16N2O3S/c15-14-13(10-4-2-1-3-5-10)12(17)8-16(14)11-6-7-20(18,19)9-11/h1-5,11,15,17H,6-9H2. The number of rotatable bonds is 2. The Balaban J connectivity index is 1.86. The first-order valence-corrected chi connectivity index (χ1v) is 8.33. The van der Waals surface area contributed by atoms with E-state index in [0.29, 0.717) is 12.0 Å². The fraction of sp³-hybridized carbons (Fsp3) is 0.357. The minimum atomic E-state index is -2.99. The maximum Gasteiger partial charge on any atom is 0.152 e. The summed E-state index contributed by atoms with van der Waals surface area (Å²) in [5.74, 6) is 0.606. The Morgan fingerprint density at radius 2 is 1.95 bits per heavy atom. The van der Waals surface area contributed by atoms with Gasteiger partial charge in [0.05, 0.1) is 23.6 Å². The molecule has 2 N–H and O–H groups in total. The van der Waals surface area contributed by atoms with Gasteiger partial charge < -0.3 is 10.0 Å². The summed E-state index contributed by atoms with van der Waals surface area (Å²) in [6, 6.07) is 9.07. The van der Waals surface area contributed by atoms with Crippen molar-refractivity contribution in [2.24, 2.45) is 0 Å². The molecule has 0 aliphatic carbocycles. The Bertz CT molecular complexity index is 680. The topological polar surface area (TPSA) is 81.5 Å². The van der Waals surface area contributed by atoms with Gasteiger partial charge >= 0.3 is 0 Å². The Kier molecular flexibility index (Phi) is 3.05. The molecule has 2 aliphatic rings. The number of aliphatic hydroxyl groups excluding tert-OH is 1. The predicted molar refractivity (Wildman–Crippen MR) is 77.5 cm³/mol. The molecule has 0 saturated carbocycles. The molecule has 1 fully saturated rings. The van der Waals surface area contributed by atoms with Crippen LogP contribution in [-0.4, -0.2) is 48.4 Å². The second-order valence-corrected chi connectivity index (χ2v) is 7.45. The highest BCUT2D eigenvalue weighted by Gasteiger charge is 2.38. The molecule has 2 heterocycles. The summed E-state index contributed by atoms with van der Waals surface area (Å²) < 4.78 is 23.1. The van der Waals surface area contributed by atoms with Crippen LogP contribution in [0.15, 0.2) is 36.1 Å². The molecule has 1 unspecified atom stereocenters. The number of nitrogens with zero attached hydrogens (tertiary/aromatic N) is 1. The lowest BCUT2D eigenvalue weighted by molar-refractivity contribution is 0.309. The van der Waals surface area contributed by atoms with E-state index in [9.17, 15) is 13.5 Å². The molecule has 3 rings (SSSR count). The Morgan fingerprint density at radius 1 is 1.25 bits per heavy atom. The first kappa shape index (κ1) is 13.2. The zero-order valence-electron chi connectivity index (χ0n) is 10.9. The minimum Gasteiger partial charge on any atom is -0.510 e. The summed E-state index contributed by atoms with van der Waals surface area (Å²) in [5, 5.41) is 18.4. The van der Waals surface area contributed by atoms with Crippen molar-refractivity contribution < 1.29 is 13.5 Å². The van der Waals surface area contributed by atoms with Gasteiger partial charge in [0.2, 0.25) is 0 Å². The van der Waals surface area contributed by atoms with Gasteiger partial charge in [-0.2, -0.15) is 0 Å². The Morgan fingerprint density at radius 3 is 2.55 bits per heavy atom. The van der Waals surface area contributed by atoms with Crippen molar-refractivity contribution >= 4 is 21.2 Å². The predicted octanol–water partition coefficient (Wildman–Crippen LogP) is 1.44. The van der Waals surface area contributed by atoms with Gasteiger partial charge in [-0.25, -0.2) is 8.42 Å². The number of aliphatic hydroxyl groups is 1. The molecule has 0 radical (unpaired) electrons. The molecule has 5 nitrogen and oxygen atoms in total. The lowest BCUT2D eigenvalue weighted by Gasteiger charge is -2.25. The van der Waals surface area contributed by atoms with Crippen LogP contribution in [0.3, 0.4) is 0 Å². The van der Waals surface area contributed by atoms with Crippen molar-refractivity contribution in [3.63, 3.8) is 0 Å². The molecule has 1 aromatic carbocycles. The van der Waals surface area contributed by atoms with Crippen LogP contribution in [0.1, 0.15) is 12.0 Å². The van der Waals surface area contributed by atoms with Crippen molar-refractivity contribution in [1.29, 1.82) is 5.41 Å². The first-order chi connectivity index (χ1) is 9.48. The van der Waals surface area contributed by atoms with Crippen LogP contribution in [0, 0.1) is 5.41 Å². The molecular formula is C14H16N2O3S. The summed E-state index contributed by atoms with van der Waals surface area (Å²) >= 11 is 0. The van der Waals surface area contributed by atoms with Crippen LogP contribution in [0.2, 0.25) is 0 Å². The van der Waals surface area contributed by atoms with E-state index < -0.39 is 9.84 Å². The largest absolute Gasteiger partial charge is 0.510 e. The number of nitrogens with one attached hydrogen (secondary N) is 1. The normalized spacial score (nSPS) is 25.5. The third-order valence-corrected chi connectivity index (χ3v) is 5.59. The zero-order chi connectivity index (χ0) is 14.3. The van der Waals surface area contributed by atoms with Gasteiger partial charge in [-0.1, -0.05) is 30.3 Å². The van der Waals surface area contributed by atoms with E-state index in [1.54, 1.807) is 4.90 Å². The molecule has 0 bridgehead atoms. The molecule has 2 aliphatic heterocycles. The first-order valence-electron chi connectivity index (χ1n) is 6.51. The number of hydrogen-bond donors (Lipinski definition) is 2. The molecule has 0 amide bonds. The minimum absolute atomic E-state index is 0.0741. The van der Waals surface area contributed by atoms with E-state index in [1.807, 2.05) is 30.3 Å². The van der Waals surface area contributed by atoms with E-state index in [-0.39, 0.29) is 35.7 Å². The van der Waals surface area contributed by atoms with Crippen LogP contribution in [0.4, 0.5) is 0 Å². The molecular weight excluding hydrogens is 276 g/mol. The summed E-state index contributed by atoms with van der Waals surface area (Å²) in [7, 11) is -2.99. The zero-order valence-corrected chi connectivity index (χ0v) is 11.7. The molecule has 20 heavy (non-hydrogen) atoms. The summed E-state index contributed by atoms with van der Waals surface area (Å²) in [6.45, 7) is 0.225. The third-order valence-electron chi connectivity index (χ3n) is 3.84. The quantitative estimate of drug-likeness (QED) is 0.864. The summed E-state index contributed by atoms with van der Waals surface area (Å²) in [6.07, 6.45) is 0.528. The average molecular weight is 292 g/mol. The summed E-state index contributed by atoms with van der Waals surface area (Å²) in [5.41, 5.74) is 1.30. The van der Waals surface area contributed by atoms with E-state index in [2.05, 4.69) is 0 Å². The van der Waals surface area contributed by atoms with Crippen LogP contribution in [0.25, 0.3) is 5.57 Å². The summed E-state index contributed by atoms with van der Waals surface area (Å²) in [4.78, 5) is 1.70. The average Bonchev–Trinajstić information content (AvgIpc) is 2.90. The van der Waals surface area contributed by atoms with Crippen molar-refractivity contribution in [3.8, 4) is 0 Å². The molecule has 1 saturated heterocycles. The van der Waals surface area contributed by atoms with Gasteiger partial charge in [0.1, 0.15) is 11.6 Å². The maximum atomic E-state index is 11.6. The molecule has 6 heteroatoms. The van der Waals surface area contributed by atoms with Crippen LogP contribution in [-0.2, 0) is 9.84 Å². The van der Waals surface area contributed by atoms with Gasteiger partial charge in [0.25, 0.3) is 0 Å². The van der Waals surface area contributed by atoms with Gasteiger partial charge in [-0.15, -0.1) is 0 Å². The van der Waals surface area contributed by atoms with Crippen molar-refractivity contribution in [1.82, 2.24) is 4.90 Å². The highest BCUT2D eigenvalue weighted by molar-refractivity contribution is 7.91. The van der Waals surface area contributed by atoms with E-state index in [1.165, 1.54) is 0 Å². The Labute approximate surface area is 118 Å². The second-order valence-electron chi connectivity index (χ2n) is 5.22. The van der Waals surface area contributed by atoms with Crippen LogP contribution in [0.5, 0.6) is 0 Å². The van der Waals surface area contributed by atoms with Gasteiger partial charge in [0, 0.05) is 6.04 Å². The number of benzene rings is 1. The highest BCUT2D eigenvalue weighted by atomic mass is 32.2. The van der Waals surface area contributed by atoms with E-state index in [4.69, 9.17) is 5.41 Å². The number of amidine groups is 1. The third kappa shape index (κ3) is 2.20. The van der Waals surface area contributed by atoms with Crippen molar-refractivity contribution in [2.75, 3.05) is 18.1 Å². The molecule has 0 spiro atoms. The maximum absolute atomic E-state index is 11.6. The van der Waals surface area contributed by atoms with Crippen LogP contribution < -0.4 is 0 Å². The van der Waals surface area contributed by atoms with E-state index in [0.717, 1.165) is 5.56 Å². The van der Waals surface area contributed by atoms with Crippen LogP contribution >= 0.6 is 0 Å². The van der Waals surface area contributed by atoms with Crippen molar-refractivity contribution in [3.05, 3.63) is 41.7 Å². The Hall–Kier alpha value is -1.82. The molecule has 1 aromatic rings. The SMILES string of the molecule is N=C1C(c2ccccc2)=C(O)CN1C1CCS(=O)(=O)C1. The van der Waals surface area contributed by atoms with Gasteiger partial charge in [-0.3, -0.25) is 5.41 Å².